The Morgan fingerprint density at radius 1 is 1.22 bits per heavy atom. The zero-order valence-electron chi connectivity index (χ0n) is 10.8. The second-order valence-electron chi connectivity index (χ2n) is 5.19. The molecule has 4 nitrogen and oxygen atoms in total. The Kier molecular flexibility index (Phi) is 4.13. The fourth-order valence-corrected chi connectivity index (χ4v) is 3.66. The van der Waals surface area contributed by atoms with Crippen LogP contribution in [0.15, 0.2) is 11.6 Å². The average molecular weight is 266 g/mol. The molecule has 100 valence electrons. The molecule has 1 aromatic heterocycles. The van der Waals surface area contributed by atoms with Gasteiger partial charge in [0.1, 0.15) is 0 Å². The number of thiazole rings is 1. The molecule has 0 bridgehead atoms. The molecular formula is C13H22N4S. The van der Waals surface area contributed by atoms with Gasteiger partial charge in [-0.25, -0.2) is 4.98 Å². The summed E-state index contributed by atoms with van der Waals surface area (Å²) in [5, 5.41) is 6.82. The molecular weight excluding hydrogens is 244 g/mol. The zero-order chi connectivity index (χ0) is 12.2. The Balaban J connectivity index is 1.53. The highest BCUT2D eigenvalue weighted by molar-refractivity contribution is 7.13. The molecule has 18 heavy (non-hydrogen) atoms. The summed E-state index contributed by atoms with van der Waals surface area (Å²) in [6, 6.07) is 0.756. The van der Waals surface area contributed by atoms with Crippen LogP contribution in [-0.2, 0) is 0 Å². The van der Waals surface area contributed by atoms with Crippen molar-refractivity contribution in [3.63, 3.8) is 0 Å². The summed E-state index contributed by atoms with van der Waals surface area (Å²) in [6.45, 7) is 7.01. The molecule has 2 aliphatic rings. The smallest absolute Gasteiger partial charge is 0.185 e. The molecule has 0 aromatic carbocycles. The van der Waals surface area contributed by atoms with Gasteiger partial charge in [0.05, 0.1) is 0 Å². The van der Waals surface area contributed by atoms with E-state index in [9.17, 15) is 0 Å². The minimum Gasteiger partial charge on any atom is -0.346 e. The van der Waals surface area contributed by atoms with Crippen molar-refractivity contribution in [2.24, 2.45) is 0 Å². The van der Waals surface area contributed by atoms with Crippen LogP contribution in [0.1, 0.15) is 19.3 Å². The number of aromatic nitrogens is 1. The van der Waals surface area contributed by atoms with E-state index in [2.05, 4.69) is 25.5 Å². The van der Waals surface area contributed by atoms with E-state index in [4.69, 9.17) is 0 Å². The van der Waals surface area contributed by atoms with E-state index in [1.807, 2.05) is 6.20 Å². The van der Waals surface area contributed by atoms with Gasteiger partial charge in [-0.3, -0.25) is 4.90 Å². The van der Waals surface area contributed by atoms with Gasteiger partial charge in [-0.05, 0) is 19.4 Å². The first-order chi connectivity index (χ1) is 8.93. The summed E-state index contributed by atoms with van der Waals surface area (Å²) < 4.78 is 0. The molecule has 2 fully saturated rings. The number of nitrogens with one attached hydrogen (secondary N) is 1. The summed E-state index contributed by atoms with van der Waals surface area (Å²) in [4.78, 5) is 9.50. The van der Waals surface area contributed by atoms with Crippen LogP contribution < -0.4 is 10.2 Å². The Morgan fingerprint density at radius 3 is 2.89 bits per heavy atom. The molecule has 3 rings (SSSR count). The molecule has 1 unspecified atom stereocenters. The first-order valence-corrected chi connectivity index (χ1v) is 7.90. The van der Waals surface area contributed by atoms with E-state index in [0.29, 0.717) is 0 Å². The van der Waals surface area contributed by atoms with Crippen LogP contribution in [0.2, 0.25) is 0 Å². The summed E-state index contributed by atoms with van der Waals surface area (Å²) in [7, 11) is 0. The maximum absolute atomic E-state index is 4.41. The summed E-state index contributed by atoms with van der Waals surface area (Å²) in [5.74, 6) is 0. The monoisotopic (exact) mass is 266 g/mol. The van der Waals surface area contributed by atoms with Crippen LogP contribution in [-0.4, -0.2) is 55.2 Å². The number of nitrogens with zero attached hydrogens (tertiary/aromatic N) is 3. The molecule has 0 spiro atoms. The van der Waals surface area contributed by atoms with Gasteiger partial charge in [-0.2, -0.15) is 0 Å². The highest BCUT2D eigenvalue weighted by atomic mass is 32.1. The van der Waals surface area contributed by atoms with Crippen molar-refractivity contribution >= 4 is 16.5 Å². The van der Waals surface area contributed by atoms with E-state index in [0.717, 1.165) is 19.1 Å². The van der Waals surface area contributed by atoms with Crippen molar-refractivity contribution in [1.82, 2.24) is 15.2 Å². The molecule has 0 amide bonds. The second-order valence-corrected chi connectivity index (χ2v) is 6.06. The quantitative estimate of drug-likeness (QED) is 0.877. The third kappa shape index (κ3) is 2.84. The van der Waals surface area contributed by atoms with Gasteiger partial charge in [0.15, 0.2) is 5.13 Å². The van der Waals surface area contributed by atoms with Gasteiger partial charge < -0.3 is 10.2 Å². The van der Waals surface area contributed by atoms with Gasteiger partial charge in [0, 0.05) is 50.3 Å². The minimum atomic E-state index is 0.756. The van der Waals surface area contributed by atoms with Crippen LogP contribution in [0.3, 0.4) is 0 Å². The topological polar surface area (TPSA) is 31.4 Å². The molecule has 0 aliphatic carbocycles. The third-order valence-electron chi connectivity index (χ3n) is 4.04. The standard InChI is InChI=1S/C13H22N4S/c1-2-4-14-11-12(3-1)16-6-8-17(9-7-16)13-15-5-10-18-13/h5,10,12,14H,1-4,6-9,11H2. The van der Waals surface area contributed by atoms with Gasteiger partial charge in [0.2, 0.25) is 0 Å². The maximum atomic E-state index is 4.41. The molecule has 0 saturated carbocycles. The number of hydrogen-bond acceptors (Lipinski definition) is 5. The molecule has 3 heterocycles. The largest absolute Gasteiger partial charge is 0.346 e. The van der Waals surface area contributed by atoms with Crippen molar-refractivity contribution in [3.8, 4) is 0 Å². The van der Waals surface area contributed by atoms with E-state index in [1.54, 1.807) is 11.3 Å². The zero-order valence-corrected chi connectivity index (χ0v) is 11.7. The summed E-state index contributed by atoms with van der Waals surface area (Å²) in [6.07, 6.45) is 5.99. The van der Waals surface area contributed by atoms with E-state index in [-0.39, 0.29) is 0 Å². The Bertz CT molecular complexity index is 338. The first-order valence-electron chi connectivity index (χ1n) is 7.03. The molecule has 1 N–H and O–H groups in total. The molecule has 1 atom stereocenters. The third-order valence-corrected chi connectivity index (χ3v) is 4.87. The lowest BCUT2D eigenvalue weighted by Gasteiger charge is -2.39. The lowest BCUT2D eigenvalue weighted by atomic mass is 10.1. The second kappa shape index (κ2) is 5.99. The number of anilines is 1. The SMILES string of the molecule is c1csc(N2CCN(C3CCCCNC3)CC2)n1. The van der Waals surface area contributed by atoms with Gasteiger partial charge in [-0.15, -0.1) is 11.3 Å². The first kappa shape index (κ1) is 12.4. The molecule has 5 heteroatoms. The van der Waals surface area contributed by atoms with E-state index in [1.165, 1.54) is 50.6 Å². The summed E-state index contributed by atoms with van der Waals surface area (Å²) in [5.41, 5.74) is 0. The predicted molar refractivity (Wildman–Crippen MR) is 76.4 cm³/mol. The number of piperazine rings is 1. The highest BCUT2D eigenvalue weighted by Gasteiger charge is 2.25. The molecule has 2 saturated heterocycles. The number of hydrogen-bond donors (Lipinski definition) is 1. The van der Waals surface area contributed by atoms with Gasteiger partial charge in [0.25, 0.3) is 0 Å². The van der Waals surface area contributed by atoms with Crippen LogP contribution >= 0.6 is 11.3 Å². The molecule has 0 radical (unpaired) electrons. The normalized spacial score (nSPS) is 27.1. The predicted octanol–water partition coefficient (Wildman–Crippen LogP) is 1.41. The van der Waals surface area contributed by atoms with Crippen LogP contribution in [0.5, 0.6) is 0 Å². The average Bonchev–Trinajstić information content (AvgIpc) is 2.82. The number of rotatable bonds is 2. The fraction of sp³-hybridized carbons (Fsp3) is 0.769. The van der Waals surface area contributed by atoms with Crippen LogP contribution in [0, 0.1) is 0 Å². The lowest BCUT2D eigenvalue weighted by Crippen LogP contribution is -2.52. The van der Waals surface area contributed by atoms with Crippen molar-refractivity contribution < 1.29 is 0 Å². The van der Waals surface area contributed by atoms with Gasteiger partial charge >= 0.3 is 0 Å². The Hall–Kier alpha value is -0.650. The van der Waals surface area contributed by atoms with Crippen molar-refractivity contribution in [2.75, 3.05) is 44.2 Å². The Labute approximate surface area is 113 Å². The maximum Gasteiger partial charge on any atom is 0.185 e. The minimum absolute atomic E-state index is 0.756. The Morgan fingerprint density at radius 2 is 2.11 bits per heavy atom. The molecule has 1 aromatic rings. The van der Waals surface area contributed by atoms with E-state index < -0.39 is 0 Å². The van der Waals surface area contributed by atoms with Crippen molar-refractivity contribution in [2.45, 2.75) is 25.3 Å². The van der Waals surface area contributed by atoms with Crippen molar-refractivity contribution in [1.29, 1.82) is 0 Å². The van der Waals surface area contributed by atoms with Gasteiger partial charge in [-0.1, -0.05) is 6.42 Å². The lowest BCUT2D eigenvalue weighted by molar-refractivity contribution is 0.177. The fourth-order valence-electron chi connectivity index (χ4n) is 2.96. The molecule has 2 aliphatic heterocycles. The summed E-state index contributed by atoms with van der Waals surface area (Å²) >= 11 is 1.75. The highest BCUT2D eigenvalue weighted by Crippen LogP contribution is 2.20. The van der Waals surface area contributed by atoms with Crippen LogP contribution in [0.4, 0.5) is 5.13 Å². The van der Waals surface area contributed by atoms with E-state index >= 15 is 0 Å². The van der Waals surface area contributed by atoms with Crippen molar-refractivity contribution in [3.05, 3.63) is 11.6 Å². The van der Waals surface area contributed by atoms with Crippen LogP contribution in [0.25, 0.3) is 0 Å².